The summed E-state index contributed by atoms with van der Waals surface area (Å²) in [6.07, 6.45) is 6.31. The zero-order valence-electron chi connectivity index (χ0n) is 11.6. The first kappa shape index (κ1) is 12.4. The van der Waals surface area contributed by atoms with Crippen molar-refractivity contribution in [3.8, 4) is 5.75 Å². The molecule has 0 radical (unpaired) electrons. The number of benzene rings is 1. The van der Waals surface area contributed by atoms with Crippen molar-refractivity contribution in [2.24, 2.45) is 0 Å². The van der Waals surface area contributed by atoms with Crippen LogP contribution in [0.2, 0.25) is 0 Å². The van der Waals surface area contributed by atoms with E-state index in [9.17, 15) is 0 Å². The Kier molecular flexibility index (Phi) is 3.38. The number of piperidine rings is 1. The summed E-state index contributed by atoms with van der Waals surface area (Å²) in [5, 5.41) is 5.84. The molecule has 1 fully saturated rings. The highest BCUT2D eigenvalue weighted by atomic mass is 16.5. The third kappa shape index (κ3) is 2.43. The number of hydrogen-bond donors (Lipinski definition) is 1. The molecule has 0 atom stereocenters. The van der Waals surface area contributed by atoms with Gasteiger partial charge in [0.25, 0.3) is 0 Å². The van der Waals surface area contributed by atoms with E-state index < -0.39 is 0 Å². The Morgan fingerprint density at radius 3 is 2.79 bits per heavy atom. The first-order chi connectivity index (χ1) is 9.25. The maximum atomic E-state index is 6.21. The van der Waals surface area contributed by atoms with E-state index in [-0.39, 0.29) is 0 Å². The Bertz CT molecular complexity index is 589. The van der Waals surface area contributed by atoms with Crippen molar-refractivity contribution in [3.63, 3.8) is 0 Å². The Morgan fingerprint density at radius 2 is 2.00 bits per heavy atom. The minimum atomic E-state index is 0.346. The summed E-state index contributed by atoms with van der Waals surface area (Å²) in [5.74, 6) is 1.03. The Labute approximate surface area is 114 Å². The maximum Gasteiger partial charge on any atom is 0.123 e. The number of aromatic nitrogens is 1. The van der Waals surface area contributed by atoms with Gasteiger partial charge in [0.05, 0.1) is 0 Å². The quantitative estimate of drug-likeness (QED) is 0.897. The molecule has 3 heteroatoms. The van der Waals surface area contributed by atoms with Gasteiger partial charge in [-0.3, -0.25) is 4.98 Å². The maximum absolute atomic E-state index is 6.21. The topological polar surface area (TPSA) is 34.1 Å². The monoisotopic (exact) mass is 256 g/mol. The molecule has 0 spiro atoms. The summed E-state index contributed by atoms with van der Waals surface area (Å²) in [4.78, 5) is 4.21. The average molecular weight is 256 g/mol. The summed E-state index contributed by atoms with van der Waals surface area (Å²) in [6, 6.07) is 4.23. The van der Waals surface area contributed by atoms with Crippen molar-refractivity contribution in [1.82, 2.24) is 10.3 Å². The number of rotatable bonds is 2. The van der Waals surface area contributed by atoms with Crippen LogP contribution in [0.25, 0.3) is 10.8 Å². The van der Waals surface area contributed by atoms with Crippen LogP contribution in [0.15, 0.2) is 24.5 Å². The lowest BCUT2D eigenvalue weighted by Crippen LogP contribution is -2.34. The van der Waals surface area contributed by atoms with Crippen molar-refractivity contribution >= 4 is 10.8 Å². The van der Waals surface area contributed by atoms with Crippen LogP contribution < -0.4 is 10.1 Å². The molecule has 0 unspecified atom stereocenters. The zero-order chi connectivity index (χ0) is 13.2. The third-order valence-corrected chi connectivity index (χ3v) is 3.95. The van der Waals surface area contributed by atoms with Crippen LogP contribution in [0, 0.1) is 13.8 Å². The molecule has 1 aliphatic rings. The van der Waals surface area contributed by atoms with Gasteiger partial charge in [-0.15, -0.1) is 0 Å². The molecule has 1 aromatic heterocycles. The van der Waals surface area contributed by atoms with Crippen LogP contribution in [0.5, 0.6) is 5.75 Å². The number of ether oxygens (including phenoxy) is 1. The SMILES string of the molecule is Cc1cc(OC2CCNCC2)c(C)c2ccncc12. The average Bonchev–Trinajstić information content (AvgIpc) is 2.46. The van der Waals surface area contributed by atoms with Gasteiger partial charge >= 0.3 is 0 Å². The van der Waals surface area contributed by atoms with E-state index in [0.29, 0.717) is 6.10 Å². The Balaban J connectivity index is 1.97. The molecule has 1 N–H and O–H groups in total. The number of fused-ring (bicyclic) bond motifs is 1. The molecule has 3 nitrogen and oxygen atoms in total. The number of nitrogens with one attached hydrogen (secondary N) is 1. The van der Waals surface area contributed by atoms with Crippen LogP contribution in [-0.4, -0.2) is 24.2 Å². The smallest absolute Gasteiger partial charge is 0.123 e. The van der Waals surface area contributed by atoms with Crippen molar-refractivity contribution in [2.45, 2.75) is 32.8 Å². The predicted molar refractivity (Wildman–Crippen MR) is 77.7 cm³/mol. The van der Waals surface area contributed by atoms with Gasteiger partial charge in [0, 0.05) is 17.8 Å². The van der Waals surface area contributed by atoms with Gasteiger partial charge in [-0.1, -0.05) is 0 Å². The molecule has 0 saturated carbocycles. The minimum Gasteiger partial charge on any atom is -0.490 e. The Morgan fingerprint density at radius 1 is 1.21 bits per heavy atom. The molecule has 2 aromatic rings. The second-order valence-corrected chi connectivity index (χ2v) is 5.31. The van der Waals surface area contributed by atoms with E-state index in [0.717, 1.165) is 31.7 Å². The number of hydrogen-bond acceptors (Lipinski definition) is 3. The van der Waals surface area contributed by atoms with Crippen LogP contribution in [0.4, 0.5) is 0 Å². The van der Waals surface area contributed by atoms with Crippen molar-refractivity contribution in [2.75, 3.05) is 13.1 Å². The van der Waals surface area contributed by atoms with E-state index in [1.165, 1.54) is 21.9 Å². The van der Waals surface area contributed by atoms with Crippen molar-refractivity contribution in [1.29, 1.82) is 0 Å². The van der Waals surface area contributed by atoms with Crippen LogP contribution >= 0.6 is 0 Å². The minimum absolute atomic E-state index is 0.346. The van der Waals surface area contributed by atoms with Crippen LogP contribution in [-0.2, 0) is 0 Å². The summed E-state index contributed by atoms with van der Waals surface area (Å²) < 4.78 is 6.21. The summed E-state index contributed by atoms with van der Waals surface area (Å²) in [7, 11) is 0. The largest absolute Gasteiger partial charge is 0.490 e. The first-order valence-electron chi connectivity index (χ1n) is 6.97. The van der Waals surface area contributed by atoms with Gasteiger partial charge < -0.3 is 10.1 Å². The molecular weight excluding hydrogens is 236 g/mol. The lowest BCUT2D eigenvalue weighted by molar-refractivity contribution is 0.161. The van der Waals surface area contributed by atoms with Crippen LogP contribution in [0.1, 0.15) is 24.0 Å². The number of aryl methyl sites for hydroxylation is 2. The van der Waals surface area contributed by atoms with E-state index in [1.54, 1.807) is 0 Å². The van der Waals surface area contributed by atoms with Gasteiger partial charge in [0.1, 0.15) is 11.9 Å². The fraction of sp³-hybridized carbons (Fsp3) is 0.438. The fourth-order valence-electron chi connectivity index (χ4n) is 2.77. The highest BCUT2D eigenvalue weighted by Crippen LogP contribution is 2.31. The van der Waals surface area contributed by atoms with Crippen molar-refractivity contribution in [3.05, 3.63) is 35.7 Å². The Hall–Kier alpha value is -1.61. The van der Waals surface area contributed by atoms with Gasteiger partial charge in [0.2, 0.25) is 0 Å². The molecule has 1 aliphatic heterocycles. The summed E-state index contributed by atoms with van der Waals surface area (Å²) in [5.41, 5.74) is 2.46. The van der Waals surface area contributed by atoms with Gasteiger partial charge in [0.15, 0.2) is 0 Å². The molecular formula is C16H20N2O. The van der Waals surface area contributed by atoms with Gasteiger partial charge in [-0.2, -0.15) is 0 Å². The van der Waals surface area contributed by atoms with E-state index in [1.807, 2.05) is 12.4 Å². The fourth-order valence-corrected chi connectivity index (χ4v) is 2.77. The highest BCUT2D eigenvalue weighted by Gasteiger charge is 2.16. The lowest BCUT2D eigenvalue weighted by atomic mass is 10.0. The van der Waals surface area contributed by atoms with Gasteiger partial charge in [-0.25, -0.2) is 0 Å². The molecule has 3 rings (SSSR count). The summed E-state index contributed by atoms with van der Waals surface area (Å²) in [6.45, 7) is 6.37. The zero-order valence-corrected chi connectivity index (χ0v) is 11.6. The number of pyridine rings is 1. The number of nitrogens with zero attached hydrogens (tertiary/aromatic N) is 1. The van der Waals surface area contributed by atoms with Gasteiger partial charge in [-0.05, 0) is 68.4 Å². The molecule has 19 heavy (non-hydrogen) atoms. The lowest BCUT2D eigenvalue weighted by Gasteiger charge is -2.25. The molecule has 100 valence electrons. The highest BCUT2D eigenvalue weighted by molar-refractivity contribution is 5.89. The normalized spacial score (nSPS) is 16.7. The summed E-state index contributed by atoms with van der Waals surface area (Å²) >= 11 is 0. The molecule has 0 aliphatic carbocycles. The predicted octanol–water partition coefficient (Wildman–Crippen LogP) is 2.98. The molecule has 0 bridgehead atoms. The van der Waals surface area contributed by atoms with Crippen LogP contribution in [0.3, 0.4) is 0 Å². The van der Waals surface area contributed by atoms with E-state index >= 15 is 0 Å². The molecule has 1 saturated heterocycles. The third-order valence-electron chi connectivity index (χ3n) is 3.95. The molecule has 1 aromatic carbocycles. The molecule has 0 amide bonds. The van der Waals surface area contributed by atoms with E-state index in [4.69, 9.17) is 4.74 Å². The second-order valence-electron chi connectivity index (χ2n) is 5.31. The first-order valence-corrected chi connectivity index (χ1v) is 6.97. The molecule has 2 heterocycles. The van der Waals surface area contributed by atoms with Crippen molar-refractivity contribution < 1.29 is 4.74 Å². The van der Waals surface area contributed by atoms with E-state index in [2.05, 4.69) is 36.3 Å². The standard InChI is InChI=1S/C16H20N2O/c1-11-9-16(19-13-3-6-17-7-4-13)12(2)14-5-8-18-10-15(11)14/h5,8-10,13,17H,3-4,6-7H2,1-2H3. The second kappa shape index (κ2) is 5.17.